The SMILES string of the molecule is Cc1cc(-c2nncn2C)ncc1N. The molecule has 5 nitrogen and oxygen atoms in total. The molecular formula is C9H11N5. The summed E-state index contributed by atoms with van der Waals surface area (Å²) < 4.78 is 1.82. The van der Waals surface area contributed by atoms with Gasteiger partial charge in [0.2, 0.25) is 0 Å². The Balaban J connectivity index is 2.53. The Hall–Kier alpha value is -1.91. The Morgan fingerprint density at radius 2 is 2.21 bits per heavy atom. The molecule has 0 radical (unpaired) electrons. The normalized spacial score (nSPS) is 10.4. The lowest BCUT2D eigenvalue weighted by molar-refractivity contribution is 0.913. The van der Waals surface area contributed by atoms with Gasteiger partial charge in [0.25, 0.3) is 0 Å². The van der Waals surface area contributed by atoms with Crippen molar-refractivity contribution < 1.29 is 0 Å². The number of anilines is 1. The minimum Gasteiger partial charge on any atom is -0.397 e. The molecule has 0 unspecified atom stereocenters. The second kappa shape index (κ2) is 3.10. The van der Waals surface area contributed by atoms with Crippen LogP contribution >= 0.6 is 0 Å². The van der Waals surface area contributed by atoms with Crippen molar-refractivity contribution in [1.29, 1.82) is 0 Å². The third kappa shape index (κ3) is 1.32. The fourth-order valence-corrected chi connectivity index (χ4v) is 1.20. The van der Waals surface area contributed by atoms with Crippen LogP contribution < -0.4 is 5.73 Å². The van der Waals surface area contributed by atoms with Gasteiger partial charge in [-0.15, -0.1) is 10.2 Å². The molecule has 2 heterocycles. The molecule has 0 aliphatic heterocycles. The van der Waals surface area contributed by atoms with Crippen molar-refractivity contribution in [2.24, 2.45) is 7.05 Å². The molecule has 14 heavy (non-hydrogen) atoms. The van der Waals surface area contributed by atoms with Gasteiger partial charge in [0, 0.05) is 7.05 Å². The van der Waals surface area contributed by atoms with Gasteiger partial charge in [0.05, 0.1) is 11.9 Å². The van der Waals surface area contributed by atoms with Crippen molar-refractivity contribution in [3.8, 4) is 11.5 Å². The average Bonchev–Trinajstić information content (AvgIpc) is 2.57. The highest BCUT2D eigenvalue weighted by molar-refractivity contribution is 5.56. The summed E-state index contributed by atoms with van der Waals surface area (Å²) in [5.74, 6) is 0.744. The van der Waals surface area contributed by atoms with Crippen LogP contribution in [0.1, 0.15) is 5.56 Å². The van der Waals surface area contributed by atoms with Gasteiger partial charge in [-0.25, -0.2) is 0 Å². The van der Waals surface area contributed by atoms with Crippen molar-refractivity contribution in [3.63, 3.8) is 0 Å². The van der Waals surface area contributed by atoms with Crippen LogP contribution in [0.3, 0.4) is 0 Å². The van der Waals surface area contributed by atoms with Gasteiger partial charge in [0.15, 0.2) is 5.82 Å². The largest absolute Gasteiger partial charge is 0.397 e. The molecule has 0 fully saturated rings. The molecule has 0 saturated heterocycles. The molecule has 2 aromatic heterocycles. The minimum atomic E-state index is 0.691. The second-order valence-electron chi connectivity index (χ2n) is 3.19. The highest BCUT2D eigenvalue weighted by Gasteiger charge is 2.06. The third-order valence-corrected chi connectivity index (χ3v) is 2.09. The highest BCUT2D eigenvalue weighted by atomic mass is 15.3. The minimum absolute atomic E-state index is 0.691. The molecule has 2 N–H and O–H groups in total. The lowest BCUT2D eigenvalue weighted by Gasteiger charge is -2.02. The number of pyridine rings is 1. The van der Waals surface area contributed by atoms with Gasteiger partial charge in [-0.3, -0.25) is 4.98 Å². The molecule has 0 saturated carbocycles. The molecule has 0 aliphatic rings. The summed E-state index contributed by atoms with van der Waals surface area (Å²) in [6.07, 6.45) is 3.28. The number of nitrogen functional groups attached to an aromatic ring is 1. The van der Waals surface area contributed by atoms with E-state index in [0.29, 0.717) is 5.69 Å². The number of hydrogen-bond acceptors (Lipinski definition) is 4. The van der Waals surface area contributed by atoms with Crippen LogP contribution in [-0.4, -0.2) is 19.7 Å². The van der Waals surface area contributed by atoms with Crippen LogP contribution in [0, 0.1) is 6.92 Å². The summed E-state index contributed by atoms with van der Waals surface area (Å²) in [4.78, 5) is 4.19. The van der Waals surface area contributed by atoms with E-state index in [1.807, 2.05) is 24.6 Å². The first-order valence-electron chi connectivity index (χ1n) is 4.25. The lowest BCUT2D eigenvalue weighted by Crippen LogP contribution is -1.97. The van der Waals surface area contributed by atoms with Crippen LogP contribution in [0.2, 0.25) is 0 Å². The number of aryl methyl sites for hydroxylation is 2. The number of aromatic nitrogens is 4. The molecule has 0 aliphatic carbocycles. The maximum atomic E-state index is 5.67. The van der Waals surface area contributed by atoms with E-state index in [-0.39, 0.29) is 0 Å². The van der Waals surface area contributed by atoms with Crippen molar-refractivity contribution in [2.75, 3.05) is 5.73 Å². The van der Waals surface area contributed by atoms with E-state index in [1.165, 1.54) is 0 Å². The van der Waals surface area contributed by atoms with Crippen LogP contribution in [-0.2, 0) is 7.05 Å². The van der Waals surface area contributed by atoms with Crippen LogP contribution in [0.25, 0.3) is 11.5 Å². The monoisotopic (exact) mass is 189 g/mol. The zero-order valence-electron chi connectivity index (χ0n) is 8.10. The number of nitrogens with two attached hydrogens (primary N) is 1. The Morgan fingerprint density at radius 1 is 1.43 bits per heavy atom. The Bertz CT molecular complexity index is 460. The molecule has 5 heteroatoms. The molecule has 0 aromatic carbocycles. The summed E-state index contributed by atoms with van der Waals surface area (Å²) in [5, 5.41) is 7.76. The van der Waals surface area contributed by atoms with E-state index in [0.717, 1.165) is 17.1 Å². The van der Waals surface area contributed by atoms with E-state index >= 15 is 0 Å². The molecule has 0 spiro atoms. The number of hydrogen-bond donors (Lipinski definition) is 1. The highest BCUT2D eigenvalue weighted by Crippen LogP contribution is 2.17. The summed E-state index contributed by atoms with van der Waals surface area (Å²) >= 11 is 0. The molecule has 0 atom stereocenters. The zero-order valence-corrected chi connectivity index (χ0v) is 8.10. The molecule has 0 bridgehead atoms. The average molecular weight is 189 g/mol. The maximum Gasteiger partial charge on any atom is 0.182 e. The van der Waals surface area contributed by atoms with E-state index < -0.39 is 0 Å². The molecule has 2 rings (SSSR count). The van der Waals surface area contributed by atoms with Crippen molar-refractivity contribution >= 4 is 5.69 Å². The molecule has 72 valence electrons. The topological polar surface area (TPSA) is 69.6 Å². The van der Waals surface area contributed by atoms with Gasteiger partial charge >= 0.3 is 0 Å². The van der Waals surface area contributed by atoms with Crippen molar-refractivity contribution in [2.45, 2.75) is 6.92 Å². The number of nitrogens with zero attached hydrogens (tertiary/aromatic N) is 4. The first-order chi connectivity index (χ1) is 6.68. The van der Waals surface area contributed by atoms with Crippen LogP contribution in [0.15, 0.2) is 18.6 Å². The predicted octanol–water partition coefficient (Wildman–Crippen LogP) is 0.768. The zero-order chi connectivity index (χ0) is 10.1. The Morgan fingerprint density at radius 3 is 2.79 bits per heavy atom. The molecular weight excluding hydrogens is 178 g/mol. The second-order valence-corrected chi connectivity index (χ2v) is 3.19. The van der Waals surface area contributed by atoms with E-state index in [9.17, 15) is 0 Å². The fraction of sp³-hybridized carbons (Fsp3) is 0.222. The predicted molar refractivity (Wildman–Crippen MR) is 53.4 cm³/mol. The van der Waals surface area contributed by atoms with E-state index in [2.05, 4.69) is 15.2 Å². The lowest BCUT2D eigenvalue weighted by atomic mass is 10.2. The first-order valence-corrected chi connectivity index (χ1v) is 4.25. The smallest absolute Gasteiger partial charge is 0.182 e. The quantitative estimate of drug-likeness (QED) is 0.719. The van der Waals surface area contributed by atoms with Gasteiger partial charge in [-0.05, 0) is 18.6 Å². The van der Waals surface area contributed by atoms with Crippen molar-refractivity contribution in [3.05, 3.63) is 24.2 Å². The standard InChI is InChI=1S/C9H11N5/c1-6-3-8(11-4-7(6)10)9-13-12-5-14(9)2/h3-5H,10H2,1-2H3. The summed E-state index contributed by atoms with van der Waals surface area (Å²) in [7, 11) is 1.88. The number of rotatable bonds is 1. The third-order valence-electron chi connectivity index (χ3n) is 2.09. The fourth-order valence-electron chi connectivity index (χ4n) is 1.20. The Kier molecular flexibility index (Phi) is 1.92. The van der Waals surface area contributed by atoms with Crippen molar-refractivity contribution in [1.82, 2.24) is 19.7 Å². The molecule has 2 aromatic rings. The Labute approximate surface area is 81.6 Å². The van der Waals surface area contributed by atoms with Gasteiger partial charge in [-0.2, -0.15) is 0 Å². The van der Waals surface area contributed by atoms with E-state index in [1.54, 1.807) is 12.5 Å². The van der Waals surface area contributed by atoms with Crippen LogP contribution in [0.5, 0.6) is 0 Å². The summed E-state index contributed by atoms with van der Waals surface area (Å²) in [6.45, 7) is 1.94. The van der Waals surface area contributed by atoms with Gasteiger partial charge in [-0.1, -0.05) is 0 Å². The molecule has 0 amide bonds. The van der Waals surface area contributed by atoms with Crippen LogP contribution in [0.4, 0.5) is 5.69 Å². The van der Waals surface area contributed by atoms with E-state index in [4.69, 9.17) is 5.73 Å². The van der Waals surface area contributed by atoms with Gasteiger partial charge < -0.3 is 10.3 Å². The summed E-state index contributed by atoms with van der Waals surface area (Å²) in [6, 6.07) is 1.90. The maximum absolute atomic E-state index is 5.67. The summed E-state index contributed by atoms with van der Waals surface area (Å²) in [5.41, 5.74) is 8.15. The first kappa shape index (κ1) is 8.68. The van der Waals surface area contributed by atoms with Gasteiger partial charge in [0.1, 0.15) is 12.0 Å².